The topological polar surface area (TPSA) is 101 Å². The van der Waals surface area contributed by atoms with Gasteiger partial charge in [0.1, 0.15) is 0 Å². The van der Waals surface area contributed by atoms with Crippen molar-refractivity contribution in [2.75, 3.05) is 24.4 Å². The van der Waals surface area contributed by atoms with Crippen LogP contribution in [0.15, 0.2) is 77.7 Å². The average Bonchev–Trinajstić information content (AvgIpc) is 3.10. The minimum atomic E-state index is -4.08. The van der Waals surface area contributed by atoms with Gasteiger partial charge in [-0.2, -0.15) is 4.98 Å². The molecule has 2 aliphatic heterocycles. The molecule has 9 heteroatoms. The number of nitrogens with zero attached hydrogens (tertiary/aromatic N) is 3. The smallest absolute Gasteiger partial charge is 0.264 e. The Bertz CT molecular complexity index is 1690. The van der Waals surface area contributed by atoms with Crippen LogP contribution in [0.5, 0.6) is 5.88 Å². The molecule has 0 saturated heterocycles. The van der Waals surface area contributed by atoms with Gasteiger partial charge in [-0.15, -0.1) is 0 Å². The van der Waals surface area contributed by atoms with Gasteiger partial charge in [-0.05, 0) is 60.7 Å². The van der Waals surface area contributed by atoms with Crippen molar-refractivity contribution >= 4 is 21.9 Å². The predicted octanol–water partition coefficient (Wildman–Crippen LogP) is 4.98. The molecule has 1 N–H and O–H groups in total. The predicted molar refractivity (Wildman–Crippen MR) is 151 cm³/mol. The number of ether oxygens (including phenoxy) is 1. The normalized spacial score (nSPS) is 18.2. The fourth-order valence-corrected chi connectivity index (χ4v) is 6.42. The maximum Gasteiger partial charge on any atom is 0.264 e. The molecule has 1 aromatic heterocycles. The van der Waals surface area contributed by atoms with Gasteiger partial charge >= 0.3 is 0 Å². The monoisotopic (exact) mass is 542 g/mol. The lowest BCUT2D eigenvalue weighted by Crippen LogP contribution is -2.36. The number of amides is 1. The Labute approximate surface area is 229 Å². The number of anilines is 1. The number of sulfonamides is 1. The van der Waals surface area contributed by atoms with Gasteiger partial charge in [-0.25, -0.2) is 18.1 Å². The lowest BCUT2D eigenvalue weighted by Gasteiger charge is -2.26. The van der Waals surface area contributed by atoms with E-state index in [1.165, 1.54) is 17.7 Å². The second kappa shape index (κ2) is 9.81. The van der Waals surface area contributed by atoms with E-state index in [1.54, 1.807) is 23.1 Å². The molecule has 200 valence electrons. The van der Waals surface area contributed by atoms with Crippen LogP contribution in [0.2, 0.25) is 0 Å². The molecule has 0 radical (unpaired) electrons. The van der Waals surface area contributed by atoms with Crippen LogP contribution >= 0.6 is 0 Å². The van der Waals surface area contributed by atoms with Crippen molar-refractivity contribution in [3.8, 4) is 17.1 Å². The van der Waals surface area contributed by atoms with Gasteiger partial charge in [0.15, 0.2) is 0 Å². The summed E-state index contributed by atoms with van der Waals surface area (Å²) in [4.78, 5) is 24.3. The maximum atomic E-state index is 13.6. The summed E-state index contributed by atoms with van der Waals surface area (Å²) in [5.74, 6) is -0.154. The summed E-state index contributed by atoms with van der Waals surface area (Å²) in [5.41, 5.74) is 6.08. The van der Waals surface area contributed by atoms with Gasteiger partial charge in [0.05, 0.1) is 17.2 Å². The summed E-state index contributed by atoms with van der Waals surface area (Å²) >= 11 is 0. The number of hydrogen-bond acceptors (Lipinski definition) is 6. The molecule has 3 heterocycles. The molecule has 0 saturated carbocycles. The van der Waals surface area contributed by atoms with E-state index in [-0.39, 0.29) is 36.6 Å². The van der Waals surface area contributed by atoms with Crippen molar-refractivity contribution in [2.24, 2.45) is 0 Å². The SMILES string of the molecule is Cc1cccc(C)c1-c1cc2nc(n1)NS(=O)(=O)c1cccc(c1)C(=O)N1CCc3ccccc3C(CO2)C1.[HH]. The van der Waals surface area contributed by atoms with Crippen LogP contribution in [0.1, 0.15) is 40.0 Å². The summed E-state index contributed by atoms with van der Waals surface area (Å²) in [7, 11) is -4.08. The minimum absolute atomic E-state index is 0. The summed E-state index contributed by atoms with van der Waals surface area (Å²) < 4.78 is 35.6. The number of fused-ring (bicyclic) bond motifs is 8. The Morgan fingerprint density at radius 2 is 1.74 bits per heavy atom. The van der Waals surface area contributed by atoms with Crippen molar-refractivity contribution in [2.45, 2.75) is 31.1 Å². The Morgan fingerprint density at radius 1 is 0.974 bits per heavy atom. The molecule has 2 aliphatic rings. The molecule has 0 aliphatic carbocycles. The van der Waals surface area contributed by atoms with Crippen molar-refractivity contribution in [3.63, 3.8) is 0 Å². The van der Waals surface area contributed by atoms with Gasteiger partial charge in [0, 0.05) is 37.6 Å². The van der Waals surface area contributed by atoms with Crippen LogP contribution in [0.25, 0.3) is 11.3 Å². The molecular weight excluding hydrogens is 512 g/mol. The number of hydrogen-bond donors (Lipinski definition) is 1. The number of rotatable bonds is 1. The molecule has 4 aromatic rings. The third-order valence-corrected chi connectivity index (χ3v) is 8.69. The van der Waals surface area contributed by atoms with Crippen LogP contribution in [0.3, 0.4) is 0 Å². The van der Waals surface area contributed by atoms with Crippen molar-refractivity contribution in [1.82, 2.24) is 14.9 Å². The van der Waals surface area contributed by atoms with Gasteiger partial charge in [-0.3, -0.25) is 4.79 Å². The zero-order valence-corrected chi connectivity index (χ0v) is 22.5. The summed E-state index contributed by atoms with van der Waals surface area (Å²) in [6.07, 6.45) is 0.701. The Hall–Kier alpha value is -4.24. The lowest BCUT2D eigenvalue weighted by molar-refractivity contribution is 0.0741. The molecular formula is C30H30N4O4S. The summed E-state index contributed by atoms with van der Waals surface area (Å²) in [5, 5.41) is 0. The molecule has 0 spiro atoms. The largest absolute Gasteiger partial charge is 0.477 e. The van der Waals surface area contributed by atoms with E-state index >= 15 is 0 Å². The molecule has 1 atom stereocenters. The van der Waals surface area contributed by atoms with E-state index in [0.29, 0.717) is 30.8 Å². The van der Waals surface area contributed by atoms with Crippen molar-refractivity contribution in [3.05, 3.63) is 101 Å². The molecule has 6 bridgehead atoms. The van der Waals surface area contributed by atoms with Gasteiger partial charge in [0.2, 0.25) is 11.8 Å². The highest BCUT2D eigenvalue weighted by molar-refractivity contribution is 7.92. The standard InChI is InChI=1S/C30H28N4O4S.H2/c1-19-7-5-8-20(2)28(19)26-16-27-32-30(31-26)33-39(36,37)24-11-6-10-22(15-24)29(35)34-14-13-21-9-3-4-12-25(21)23(17-34)18-38-27;/h3-12,15-16,23H,13-14,17-18H2,1-2H3,(H,31,32,33);1H. The number of carbonyl (C=O) groups excluding carboxylic acids is 1. The maximum absolute atomic E-state index is 13.6. The van der Waals surface area contributed by atoms with E-state index < -0.39 is 10.0 Å². The molecule has 1 amide bonds. The number of carbonyl (C=O) groups is 1. The number of nitrogens with one attached hydrogen (secondary N) is 1. The Kier molecular flexibility index (Phi) is 6.31. The molecule has 0 fully saturated rings. The van der Waals surface area contributed by atoms with Crippen LogP contribution in [0.4, 0.5) is 5.95 Å². The molecule has 1 unspecified atom stereocenters. The second-order valence-corrected chi connectivity index (χ2v) is 11.7. The Morgan fingerprint density at radius 3 is 2.56 bits per heavy atom. The molecule has 8 nitrogen and oxygen atoms in total. The number of benzene rings is 3. The van der Waals surface area contributed by atoms with E-state index in [4.69, 9.17) is 4.74 Å². The molecule has 39 heavy (non-hydrogen) atoms. The van der Waals surface area contributed by atoms with Gasteiger partial charge in [-0.1, -0.05) is 48.5 Å². The van der Waals surface area contributed by atoms with E-state index in [2.05, 4.69) is 26.8 Å². The van der Waals surface area contributed by atoms with Crippen molar-refractivity contribution < 1.29 is 19.4 Å². The highest BCUT2D eigenvalue weighted by atomic mass is 32.2. The van der Waals surface area contributed by atoms with E-state index in [9.17, 15) is 13.2 Å². The first kappa shape index (κ1) is 25.1. The third kappa shape index (κ3) is 4.85. The highest BCUT2D eigenvalue weighted by Gasteiger charge is 2.29. The first-order valence-corrected chi connectivity index (χ1v) is 14.4. The average molecular weight is 543 g/mol. The van der Waals surface area contributed by atoms with E-state index in [0.717, 1.165) is 22.3 Å². The fraction of sp³-hybridized carbons (Fsp3) is 0.233. The third-order valence-electron chi connectivity index (χ3n) is 7.36. The molecule has 3 aromatic carbocycles. The summed E-state index contributed by atoms with van der Waals surface area (Å²) in [6.45, 7) is 5.19. The lowest BCUT2D eigenvalue weighted by atomic mass is 9.94. The second-order valence-electron chi connectivity index (χ2n) is 10.0. The minimum Gasteiger partial charge on any atom is -0.477 e. The van der Waals surface area contributed by atoms with Crippen LogP contribution < -0.4 is 9.46 Å². The van der Waals surface area contributed by atoms with Crippen LogP contribution in [-0.4, -0.2) is 48.9 Å². The molecule has 6 rings (SSSR count). The van der Waals surface area contributed by atoms with E-state index in [1.807, 2.05) is 44.2 Å². The van der Waals surface area contributed by atoms with Crippen molar-refractivity contribution in [1.29, 1.82) is 0 Å². The quantitative estimate of drug-likeness (QED) is 0.364. The first-order chi connectivity index (χ1) is 18.8. The van der Waals surface area contributed by atoms with Gasteiger partial charge < -0.3 is 9.64 Å². The van der Waals surface area contributed by atoms with Crippen LogP contribution in [-0.2, 0) is 16.4 Å². The number of aromatic nitrogens is 2. The highest BCUT2D eigenvalue weighted by Crippen LogP contribution is 2.32. The summed E-state index contributed by atoms with van der Waals surface area (Å²) in [6, 6.07) is 22.0. The fourth-order valence-electron chi connectivity index (χ4n) is 5.43. The first-order valence-electron chi connectivity index (χ1n) is 12.9. The van der Waals surface area contributed by atoms with Gasteiger partial charge in [0.25, 0.3) is 15.9 Å². The van der Waals surface area contributed by atoms with Crippen LogP contribution in [0, 0.1) is 13.8 Å². The Balaban J connectivity index is 0.00000323. The zero-order chi connectivity index (χ0) is 27.1. The number of aryl methyl sites for hydroxylation is 2. The zero-order valence-electron chi connectivity index (χ0n) is 21.7.